The first-order chi connectivity index (χ1) is 17.0. The fourth-order valence-corrected chi connectivity index (χ4v) is 4.70. The van der Waals surface area contributed by atoms with Gasteiger partial charge in [-0.15, -0.1) is 0 Å². The van der Waals surface area contributed by atoms with Gasteiger partial charge in [0.25, 0.3) is 0 Å². The number of likely N-dealkylation sites (tertiary alicyclic amines) is 1. The van der Waals surface area contributed by atoms with Crippen LogP contribution in [0.4, 0.5) is 5.69 Å². The Hall–Kier alpha value is -3.45. The lowest BCUT2D eigenvalue weighted by molar-refractivity contribution is 0.276. The molecular formula is C28H35N3O4. The predicted octanol–water partition coefficient (Wildman–Crippen LogP) is 5.26. The molecule has 0 amide bonds. The molecule has 3 aromatic rings. The molecule has 1 aliphatic heterocycles. The van der Waals surface area contributed by atoms with E-state index in [2.05, 4.69) is 27.3 Å². The van der Waals surface area contributed by atoms with Gasteiger partial charge in [0.1, 0.15) is 11.5 Å². The van der Waals surface area contributed by atoms with E-state index in [1.165, 1.54) is 5.56 Å². The molecule has 1 unspecified atom stereocenters. The van der Waals surface area contributed by atoms with Gasteiger partial charge in [0.15, 0.2) is 11.5 Å². The topological polar surface area (TPSA) is 76.1 Å². The summed E-state index contributed by atoms with van der Waals surface area (Å²) in [6.07, 6.45) is 5.12. The van der Waals surface area contributed by atoms with Gasteiger partial charge in [-0.05, 0) is 74.7 Å². The zero-order chi connectivity index (χ0) is 24.8. The summed E-state index contributed by atoms with van der Waals surface area (Å²) in [6.45, 7) is 4.93. The van der Waals surface area contributed by atoms with Crippen LogP contribution >= 0.6 is 0 Å². The first-order valence-corrected chi connectivity index (χ1v) is 12.0. The standard InChI is InChI=1S/C28H35N3O4/c1-19-27(34-3)15-21(16-28(19)35-4)24-14-20(9-11-29-24)18-31-12-5-6-22(10-13-31)30-23-7-8-26(33-2)25(32)17-23/h7-9,11,14-17,22,30,32H,5-6,10,12-13,18H2,1-4H3. The molecule has 7 heteroatoms. The summed E-state index contributed by atoms with van der Waals surface area (Å²) >= 11 is 0. The van der Waals surface area contributed by atoms with Gasteiger partial charge in [-0.2, -0.15) is 0 Å². The normalized spacial score (nSPS) is 16.4. The van der Waals surface area contributed by atoms with E-state index in [1.807, 2.05) is 31.3 Å². The van der Waals surface area contributed by atoms with Gasteiger partial charge in [-0.25, -0.2) is 0 Å². The molecule has 35 heavy (non-hydrogen) atoms. The van der Waals surface area contributed by atoms with Gasteiger partial charge in [0.05, 0.1) is 27.0 Å². The number of nitrogens with one attached hydrogen (secondary N) is 1. The molecule has 1 atom stereocenters. The average Bonchev–Trinajstić information content (AvgIpc) is 3.09. The molecule has 1 fully saturated rings. The lowest BCUT2D eigenvalue weighted by Crippen LogP contribution is -2.26. The van der Waals surface area contributed by atoms with Crippen LogP contribution in [-0.4, -0.2) is 55.5 Å². The monoisotopic (exact) mass is 477 g/mol. The van der Waals surface area contributed by atoms with E-state index in [1.54, 1.807) is 33.5 Å². The number of pyridine rings is 1. The van der Waals surface area contributed by atoms with Crippen molar-refractivity contribution in [2.45, 2.75) is 38.8 Å². The van der Waals surface area contributed by atoms with Gasteiger partial charge >= 0.3 is 0 Å². The third-order valence-electron chi connectivity index (χ3n) is 6.65. The number of methoxy groups -OCH3 is 3. The zero-order valence-electron chi connectivity index (χ0n) is 21.0. The number of aromatic nitrogens is 1. The summed E-state index contributed by atoms with van der Waals surface area (Å²) in [4.78, 5) is 7.11. The molecule has 186 valence electrons. The predicted molar refractivity (Wildman–Crippen MR) is 139 cm³/mol. The smallest absolute Gasteiger partial charge is 0.160 e. The molecule has 0 spiro atoms. The van der Waals surface area contributed by atoms with E-state index in [-0.39, 0.29) is 5.75 Å². The molecule has 2 N–H and O–H groups in total. The second-order valence-electron chi connectivity index (χ2n) is 8.99. The molecule has 0 radical (unpaired) electrons. The average molecular weight is 478 g/mol. The van der Waals surface area contributed by atoms with Crippen molar-refractivity contribution in [1.29, 1.82) is 0 Å². The zero-order valence-corrected chi connectivity index (χ0v) is 21.0. The number of benzene rings is 2. The van der Waals surface area contributed by atoms with E-state index in [9.17, 15) is 5.11 Å². The summed E-state index contributed by atoms with van der Waals surface area (Å²) < 4.78 is 16.2. The Labute approximate surface area is 207 Å². The van der Waals surface area contributed by atoms with Crippen LogP contribution in [0.3, 0.4) is 0 Å². The third kappa shape index (κ3) is 5.98. The van der Waals surface area contributed by atoms with Gasteiger partial charge in [0.2, 0.25) is 0 Å². The fraction of sp³-hybridized carbons (Fsp3) is 0.393. The Morgan fingerprint density at radius 1 is 0.943 bits per heavy atom. The Kier molecular flexibility index (Phi) is 7.98. The number of ether oxygens (including phenoxy) is 3. The minimum absolute atomic E-state index is 0.157. The largest absolute Gasteiger partial charge is 0.504 e. The molecule has 1 saturated heterocycles. The Morgan fingerprint density at radius 3 is 2.37 bits per heavy atom. The van der Waals surface area contributed by atoms with Crippen LogP contribution in [0.2, 0.25) is 0 Å². The highest BCUT2D eigenvalue weighted by Gasteiger charge is 2.18. The van der Waals surface area contributed by atoms with Crippen LogP contribution in [0.15, 0.2) is 48.7 Å². The number of anilines is 1. The van der Waals surface area contributed by atoms with Gasteiger partial charge < -0.3 is 24.6 Å². The Bertz CT molecular complexity index is 1130. The van der Waals surface area contributed by atoms with Crippen molar-refractivity contribution in [2.24, 2.45) is 0 Å². The number of nitrogens with zero attached hydrogens (tertiary/aromatic N) is 2. The number of hydrogen-bond acceptors (Lipinski definition) is 7. The summed E-state index contributed by atoms with van der Waals surface area (Å²) in [5, 5.41) is 13.6. The summed E-state index contributed by atoms with van der Waals surface area (Å²) in [5.74, 6) is 2.23. The second-order valence-corrected chi connectivity index (χ2v) is 8.99. The first kappa shape index (κ1) is 24.7. The van der Waals surface area contributed by atoms with E-state index in [0.717, 1.165) is 72.9 Å². The first-order valence-electron chi connectivity index (χ1n) is 12.0. The van der Waals surface area contributed by atoms with Crippen LogP contribution in [0.25, 0.3) is 11.3 Å². The maximum Gasteiger partial charge on any atom is 0.160 e. The molecule has 1 aromatic heterocycles. The van der Waals surface area contributed by atoms with Crippen molar-refractivity contribution in [3.63, 3.8) is 0 Å². The van der Waals surface area contributed by atoms with Crippen molar-refractivity contribution in [1.82, 2.24) is 9.88 Å². The quantitative estimate of drug-likeness (QED) is 0.459. The molecule has 0 aliphatic carbocycles. The highest BCUT2D eigenvalue weighted by Crippen LogP contribution is 2.34. The van der Waals surface area contributed by atoms with Gasteiger partial charge in [-0.1, -0.05) is 0 Å². The minimum Gasteiger partial charge on any atom is -0.504 e. The molecular weight excluding hydrogens is 442 g/mol. The van der Waals surface area contributed by atoms with Crippen LogP contribution in [-0.2, 0) is 6.54 Å². The van der Waals surface area contributed by atoms with E-state index >= 15 is 0 Å². The maximum absolute atomic E-state index is 10.1. The van der Waals surface area contributed by atoms with E-state index in [0.29, 0.717) is 11.8 Å². The van der Waals surface area contributed by atoms with Gasteiger partial charge in [0, 0.05) is 48.2 Å². The lowest BCUT2D eigenvalue weighted by atomic mass is 10.0. The van der Waals surface area contributed by atoms with Crippen molar-refractivity contribution >= 4 is 5.69 Å². The van der Waals surface area contributed by atoms with Crippen molar-refractivity contribution in [2.75, 3.05) is 39.7 Å². The maximum atomic E-state index is 10.1. The second kappa shape index (κ2) is 11.3. The SMILES string of the molecule is COc1ccc(NC2CCCN(Cc3ccnc(-c4cc(OC)c(C)c(OC)c4)c3)CC2)cc1O. The minimum atomic E-state index is 0.157. The molecule has 7 nitrogen and oxygen atoms in total. The summed E-state index contributed by atoms with van der Waals surface area (Å²) in [7, 11) is 4.91. The van der Waals surface area contributed by atoms with E-state index < -0.39 is 0 Å². The van der Waals surface area contributed by atoms with Gasteiger partial charge in [-0.3, -0.25) is 9.88 Å². The highest BCUT2D eigenvalue weighted by molar-refractivity contribution is 5.66. The molecule has 2 heterocycles. The number of phenols is 1. The van der Waals surface area contributed by atoms with E-state index in [4.69, 9.17) is 14.2 Å². The molecule has 1 aliphatic rings. The van der Waals surface area contributed by atoms with Crippen molar-refractivity contribution < 1.29 is 19.3 Å². The summed E-state index contributed by atoms with van der Waals surface area (Å²) in [6, 6.07) is 14.1. The van der Waals surface area contributed by atoms with Crippen molar-refractivity contribution in [3.05, 3.63) is 59.8 Å². The lowest BCUT2D eigenvalue weighted by Gasteiger charge is -2.21. The van der Waals surface area contributed by atoms with Crippen LogP contribution in [0.5, 0.6) is 23.0 Å². The van der Waals surface area contributed by atoms with Crippen LogP contribution in [0, 0.1) is 6.92 Å². The van der Waals surface area contributed by atoms with Crippen molar-refractivity contribution in [3.8, 4) is 34.3 Å². The Morgan fingerprint density at radius 2 is 1.69 bits per heavy atom. The molecule has 4 rings (SSSR count). The molecule has 2 aromatic carbocycles. The number of rotatable bonds is 8. The third-order valence-corrected chi connectivity index (χ3v) is 6.65. The fourth-order valence-electron chi connectivity index (χ4n) is 4.70. The highest BCUT2D eigenvalue weighted by atomic mass is 16.5. The molecule has 0 saturated carbocycles. The van der Waals surface area contributed by atoms with Crippen LogP contribution in [0.1, 0.15) is 30.4 Å². The Balaban J connectivity index is 1.41. The molecule has 0 bridgehead atoms. The number of hydrogen-bond donors (Lipinski definition) is 2. The summed E-state index contributed by atoms with van der Waals surface area (Å²) in [5.41, 5.74) is 5.03. The van der Waals surface area contributed by atoms with Crippen LogP contribution < -0.4 is 19.5 Å². The number of aromatic hydroxyl groups is 1. The number of phenolic OH excluding ortho intramolecular Hbond substituents is 1.